The predicted octanol–water partition coefficient (Wildman–Crippen LogP) is -0.170. The predicted molar refractivity (Wildman–Crippen MR) is 79.7 cm³/mol. The first-order valence-corrected chi connectivity index (χ1v) is 8.49. The number of nitrogens with one attached hydrogen (secondary N) is 1. The lowest BCUT2D eigenvalue weighted by molar-refractivity contribution is -0.0156. The number of aliphatic hydroxyl groups excluding tert-OH is 1. The molecule has 6 nitrogen and oxygen atoms in total. The molecule has 0 aromatic heterocycles. The molecule has 1 heterocycles. The smallest absolute Gasteiger partial charge is 0.240 e. The Morgan fingerprint density at radius 1 is 1.38 bits per heavy atom. The first-order valence-electron chi connectivity index (χ1n) is 7.01. The van der Waals surface area contributed by atoms with Crippen LogP contribution in [0.15, 0.2) is 29.2 Å². The van der Waals surface area contributed by atoms with Gasteiger partial charge in [-0.2, -0.15) is 0 Å². The van der Waals surface area contributed by atoms with Crippen LogP contribution in [0.5, 0.6) is 0 Å². The molecular weight excluding hydrogens is 292 g/mol. The van der Waals surface area contributed by atoms with Gasteiger partial charge in [-0.3, -0.25) is 0 Å². The fourth-order valence-electron chi connectivity index (χ4n) is 2.24. The minimum atomic E-state index is -3.52. The number of nitrogens with zero attached hydrogens (tertiary/aromatic N) is 1. The maximum absolute atomic E-state index is 12.2. The number of hydrogen-bond acceptors (Lipinski definition) is 5. The van der Waals surface area contributed by atoms with Gasteiger partial charge in [-0.25, -0.2) is 13.1 Å². The van der Waals surface area contributed by atoms with Crippen molar-refractivity contribution in [1.29, 1.82) is 0 Å². The lowest BCUT2D eigenvalue weighted by atomic mass is 10.2. The van der Waals surface area contributed by atoms with Gasteiger partial charge in [0.25, 0.3) is 0 Å². The molecule has 1 aliphatic heterocycles. The van der Waals surface area contributed by atoms with E-state index in [1.165, 1.54) is 0 Å². The van der Waals surface area contributed by atoms with E-state index in [2.05, 4.69) is 9.62 Å². The lowest BCUT2D eigenvalue weighted by Gasteiger charge is -2.30. The molecule has 0 bridgehead atoms. The average molecular weight is 314 g/mol. The normalized spacial score (nSPS) is 20.6. The highest BCUT2D eigenvalue weighted by molar-refractivity contribution is 7.89. The second-order valence-electron chi connectivity index (χ2n) is 5.22. The molecule has 1 atom stereocenters. The summed E-state index contributed by atoms with van der Waals surface area (Å²) in [5.74, 6) is 0. The largest absolute Gasteiger partial charge is 0.396 e. The van der Waals surface area contributed by atoms with Crippen LogP contribution in [0.3, 0.4) is 0 Å². The second-order valence-corrected chi connectivity index (χ2v) is 6.99. The first-order chi connectivity index (χ1) is 10.0. The Kier molecular flexibility index (Phi) is 5.72. The second kappa shape index (κ2) is 7.33. The zero-order valence-electron chi connectivity index (χ0n) is 12.2. The number of sulfonamides is 1. The van der Waals surface area contributed by atoms with E-state index >= 15 is 0 Å². The monoisotopic (exact) mass is 314 g/mol. The Balaban J connectivity index is 1.94. The van der Waals surface area contributed by atoms with E-state index in [1.54, 1.807) is 24.3 Å². The third-order valence-corrected chi connectivity index (χ3v) is 4.92. The summed E-state index contributed by atoms with van der Waals surface area (Å²) in [6.45, 7) is 2.54. The molecule has 21 heavy (non-hydrogen) atoms. The van der Waals surface area contributed by atoms with Gasteiger partial charge >= 0.3 is 0 Å². The van der Waals surface area contributed by atoms with Crippen LogP contribution in [0.2, 0.25) is 0 Å². The molecular formula is C14H22N2O4S. The van der Waals surface area contributed by atoms with Crippen molar-refractivity contribution < 1.29 is 18.3 Å². The third kappa shape index (κ3) is 4.76. The van der Waals surface area contributed by atoms with Crippen molar-refractivity contribution in [3.63, 3.8) is 0 Å². The molecule has 1 aliphatic rings. The molecule has 0 aliphatic carbocycles. The van der Waals surface area contributed by atoms with Gasteiger partial charge in [0.15, 0.2) is 0 Å². The molecule has 2 N–H and O–H groups in total. The van der Waals surface area contributed by atoms with Gasteiger partial charge in [-0.15, -0.1) is 0 Å². The maximum atomic E-state index is 12.2. The Labute approximate surface area is 125 Å². The number of morpholine rings is 1. The molecule has 0 saturated carbocycles. The highest BCUT2D eigenvalue weighted by Gasteiger charge is 2.21. The summed E-state index contributed by atoms with van der Waals surface area (Å²) in [5, 5.41) is 8.85. The van der Waals surface area contributed by atoms with Crippen LogP contribution in [0.4, 0.5) is 0 Å². The number of benzene rings is 1. The standard InChI is InChI=1S/C14H22N2O4S/c1-16-7-9-20-13(11-16)10-15-21(18,19)14-4-2-12(3-5-14)6-8-17/h2-5,13,15,17H,6-11H2,1H3. The first kappa shape index (κ1) is 16.4. The lowest BCUT2D eigenvalue weighted by Crippen LogP contribution is -2.45. The van der Waals surface area contributed by atoms with Gasteiger partial charge in [0, 0.05) is 26.2 Å². The van der Waals surface area contributed by atoms with Gasteiger partial charge in [0.05, 0.1) is 17.6 Å². The molecule has 118 valence electrons. The van der Waals surface area contributed by atoms with E-state index in [-0.39, 0.29) is 24.2 Å². The van der Waals surface area contributed by atoms with Gasteiger partial charge in [-0.1, -0.05) is 12.1 Å². The maximum Gasteiger partial charge on any atom is 0.240 e. The van der Waals surface area contributed by atoms with E-state index in [1.807, 2.05) is 7.05 Å². The van der Waals surface area contributed by atoms with Crippen molar-refractivity contribution >= 4 is 10.0 Å². The average Bonchev–Trinajstić information content (AvgIpc) is 2.46. The van der Waals surface area contributed by atoms with E-state index in [0.717, 1.165) is 18.7 Å². The molecule has 1 unspecified atom stereocenters. The molecule has 1 fully saturated rings. The SMILES string of the molecule is CN1CCOC(CNS(=O)(=O)c2ccc(CCO)cc2)C1. The molecule has 7 heteroatoms. The molecule has 0 amide bonds. The van der Waals surface area contributed by atoms with Crippen LogP contribution < -0.4 is 4.72 Å². The Morgan fingerprint density at radius 3 is 2.71 bits per heavy atom. The number of likely N-dealkylation sites (N-methyl/N-ethyl adjacent to an activating group) is 1. The third-order valence-electron chi connectivity index (χ3n) is 3.48. The van der Waals surface area contributed by atoms with E-state index in [9.17, 15) is 8.42 Å². The Morgan fingerprint density at radius 2 is 2.10 bits per heavy atom. The number of rotatable bonds is 6. The van der Waals surface area contributed by atoms with Crippen LogP contribution in [0, 0.1) is 0 Å². The molecule has 1 saturated heterocycles. The van der Waals surface area contributed by atoms with Crippen molar-refractivity contribution in [3.8, 4) is 0 Å². The Hall–Kier alpha value is -0.990. The topological polar surface area (TPSA) is 78.9 Å². The molecule has 2 rings (SSSR count). The zero-order chi connectivity index (χ0) is 15.3. The highest BCUT2D eigenvalue weighted by atomic mass is 32.2. The van der Waals surface area contributed by atoms with Crippen molar-refractivity contribution in [1.82, 2.24) is 9.62 Å². The number of hydrogen-bond donors (Lipinski definition) is 2. The highest BCUT2D eigenvalue weighted by Crippen LogP contribution is 2.11. The van der Waals surface area contributed by atoms with Crippen LogP contribution in [-0.2, 0) is 21.2 Å². The molecule has 0 spiro atoms. The summed E-state index contributed by atoms with van der Waals surface area (Å²) < 4.78 is 32.5. The van der Waals surface area contributed by atoms with Crippen LogP contribution in [-0.4, -0.2) is 64.4 Å². The number of aliphatic hydroxyl groups is 1. The Bertz CT molecular complexity index is 545. The summed E-state index contributed by atoms with van der Waals surface area (Å²) in [6, 6.07) is 6.55. The van der Waals surface area contributed by atoms with Crippen molar-refractivity contribution in [2.75, 3.05) is 39.9 Å². The van der Waals surface area contributed by atoms with Gasteiger partial charge in [0.2, 0.25) is 10.0 Å². The van der Waals surface area contributed by atoms with Crippen molar-refractivity contribution in [3.05, 3.63) is 29.8 Å². The van der Waals surface area contributed by atoms with Crippen molar-refractivity contribution in [2.45, 2.75) is 17.4 Å². The van der Waals surface area contributed by atoms with Gasteiger partial charge < -0.3 is 14.7 Å². The van der Waals surface area contributed by atoms with E-state index < -0.39 is 10.0 Å². The fourth-order valence-corrected chi connectivity index (χ4v) is 3.31. The quantitative estimate of drug-likeness (QED) is 0.762. The minimum absolute atomic E-state index is 0.0525. The number of ether oxygens (including phenoxy) is 1. The van der Waals surface area contributed by atoms with E-state index in [4.69, 9.17) is 9.84 Å². The summed E-state index contributed by atoms with van der Waals surface area (Å²) in [5.41, 5.74) is 0.911. The molecule has 1 aromatic carbocycles. The van der Waals surface area contributed by atoms with Crippen molar-refractivity contribution in [2.24, 2.45) is 0 Å². The van der Waals surface area contributed by atoms with Gasteiger partial charge in [0.1, 0.15) is 0 Å². The summed E-state index contributed by atoms with van der Waals surface area (Å²) in [4.78, 5) is 2.35. The zero-order valence-corrected chi connectivity index (χ0v) is 13.0. The molecule has 0 radical (unpaired) electrons. The summed E-state index contributed by atoms with van der Waals surface area (Å²) in [6.07, 6.45) is 0.405. The van der Waals surface area contributed by atoms with E-state index in [0.29, 0.717) is 13.0 Å². The van der Waals surface area contributed by atoms with Crippen LogP contribution in [0.25, 0.3) is 0 Å². The fraction of sp³-hybridized carbons (Fsp3) is 0.571. The minimum Gasteiger partial charge on any atom is -0.396 e. The van der Waals surface area contributed by atoms with Crippen LogP contribution >= 0.6 is 0 Å². The molecule has 1 aromatic rings. The van der Waals surface area contributed by atoms with Crippen LogP contribution in [0.1, 0.15) is 5.56 Å². The summed E-state index contributed by atoms with van der Waals surface area (Å²) >= 11 is 0. The van der Waals surface area contributed by atoms with Gasteiger partial charge in [-0.05, 0) is 31.2 Å². The summed E-state index contributed by atoms with van der Waals surface area (Å²) in [7, 11) is -1.53.